The Hall–Kier alpha value is -3.46. The lowest BCUT2D eigenvalue weighted by Crippen LogP contribution is -2.40. The van der Waals surface area contributed by atoms with Crippen molar-refractivity contribution in [1.82, 2.24) is 4.57 Å². The molecule has 0 saturated carbocycles. The number of allylic oxidation sites excluding steroid dienone is 1. The molecule has 1 aliphatic rings. The van der Waals surface area contributed by atoms with Crippen molar-refractivity contribution < 1.29 is 9.53 Å². The average Bonchev–Trinajstić information content (AvgIpc) is 3.49. The second-order valence-electron chi connectivity index (χ2n) is 8.77. The van der Waals surface area contributed by atoms with Gasteiger partial charge in [-0.2, -0.15) is 0 Å². The summed E-state index contributed by atoms with van der Waals surface area (Å²) in [6.07, 6.45) is 1.74. The van der Waals surface area contributed by atoms with Crippen LogP contribution in [-0.2, 0) is 4.79 Å². The summed E-state index contributed by atoms with van der Waals surface area (Å²) in [6.45, 7) is 5.69. The quantitative estimate of drug-likeness (QED) is 0.351. The molecule has 0 aliphatic carbocycles. The number of rotatable bonds is 6. The van der Waals surface area contributed by atoms with E-state index < -0.39 is 6.04 Å². The third-order valence-electron chi connectivity index (χ3n) is 5.73. The van der Waals surface area contributed by atoms with Crippen molar-refractivity contribution in [2.75, 3.05) is 5.32 Å². The maximum Gasteiger partial charge on any atom is 0.271 e. The number of thiazole rings is 1. The Morgan fingerprint density at radius 2 is 1.95 bits per heavy atom. The zero-order valence-corrected chi connectivity index (χ0v) is 22.8. The van der Waals surface area contributed by atoms with Gasteiger partial charge in [-0.1, -0.05) is 47.2 Å². The molecule has 0 radical (unpaired) electrons. The van der Waals surface area contributed by atoms with E-state index in [1.165, 1.54) is 22.7 Å². The Kier molecular flexibility index (Phi) is 7.15. The second kappa shape index (κ2) is 10.5. The van der Waals surface area contributed by atoms with Crippen LogP contribution in [0.15, 0.2) is 87.1 Å². The molecule has 1 atom stereocenters. The van der Waals surface area contributed by atoms with Crippen LogP contribution in [0, 0.1) is 0 Å². The first-order valence-electron chi connectivity index (χ1n) is 11.7. The summed E-state index contributed by atoms with van der Waals surface area (Å²) < 4.78 is 8.03. The molecule has 4 aromatic rings. The summed E-state index contributed by atoms with van der Waals surface area (Å²) in [5.74, 6) is 0.349. The number of aromatic nitrogens is 1. The Morgan fingerprint density at radius 1 is 1.16 bits per heavy atom. The van der Waals surface area contributed by atoms with Gasteiger partial charge in [0.1, 0.15) is 11.8 Å². The normalized spacial score (nSPS) is 15.5. The number of amides is 1. The van der Waals surface area contributed by atoms with Crippen LogP contribution >= 0.6 is 34.3 Å². The van der Waals surface area contributed by atoms with E-state index in [4.69, 9.17) is 16.3 Å². The first-order chi connectivity index (χ1) is 17.8. The molecule has 0 spiro atoms. The molecule has 3 heterocycles. The van der Waals surface area contributed by atoms with Crippen LogP contribution in [0.2, 0.25) is 5.02 Å². The van der Waals surface area contributed by atoms with Gasteiger partial charge in [-0.3, -0.25) is 14.2 Å². The minimum atomic E-state index is -0.590. The number of benzene rings is 2. The third-order valence-corrected chi connectivity index (χ3v) is 7.87. The fraction of sp³-hybridized carbons (Fsp3) is 0.179. The van der Waals surface area contributed by atoms with Crippen LogP contribution in [0.5, 0.6) is 5.75 Å². The van der Waals surface area contributed by atoms with E-state index in [9.17, 15) is 9.59 Å². The molecule has 9 heteroatoms. The van der Waals surface area contributed by atoms with Gasteiger partial charge >= 0.3 is 0 Å². The molecule has 0 bridgehead atoms. The third kappa shape index (κ3) is 5.18. The molecule has 0 saturated heterocycles. The molecular weight excluding hydrogens is 526 g/mol. The van der Waals surface area contributed by atoms with Gasteiger partial charge in [0.25, 0.3) is 11.5 Å². The van der Waals surface area contributed by atoms with Gasteiger partial charge in [0.05, 0.1) is 21.9 Å². The second-order valence-corrected chi connectivity index (χ2v) is 11.2. The molecule has 2 aromatic heterocycles. The lowest BCUT2D eigenvalue weighted by Gasteiger charge is -2.24. The van der Waals surface area contributed by atoms with Crippen molar-refractivity contribution in [3.05, 3.63) is 112 Å². The van der Waals surface area contributed by atoms with Gasteiger partial charge in [0, 0.05) is 21.2 Å². The number of hydrogen-bond acceptors (Lipinski definition) is 6. The smallest absolute Gasteiger partial charge is 0.271 e. The molecule has 2 aromatic carbocycles. The summed E-state index contributed by atoms with van der Waals surface area (Å²) in [6, 6.07) is 17.8. The van der Waals surface area contributed by atoms with E-state index in [2.05, 4.69) is 10.3 Å². The van der Waals surface area contributed by atoms with Crippen molar-refractivity contribution in [3.8, 4) is 5.75 Å². The highest BCUT2D eigenvalue weighted by molar-refractivity contribution is 7.10. The summed E-state index contributed by atoms with van der Waals surface area (Å²) in [5, 5.41) is 5.44. The van der Waals surface area contributed by atoms with E-state index in [1.54, 1.807) is 28.8 Å². The largest absolute Gasteiger partial charge is 0.490 e. The lowest BCUT2D eigenvalue weighted by molar-refractivity contribution is -0.113. The van der Waals surface area contributed by atoms with Gasteiger partial charge in [-0.05, 0) is 68.6 Å². The number of hydrogen-bond donors (Lipinski definition) is 1. The maximum atomic E-state index is 13.8. The van der Waals surface area contributed by atoms with Gasteiger partial charge in [-0.15, -0.1) is 11.3 Å². The number of nitrogens with zero attached hydrogens (tertiary/aromatic N) is 2. The molecule has 0 fully saturated rings. The summed E-state index contributed by atoms with van der Waals surface area (Å²) in [5.41, 5.74) is 2.17. The first kappa shape index (κ1) is 25.2. The SMILES string of the molecule is CC1=C(C(=O)Nc2ccccc2)[C@@H](c2cccs2)n2c(s/c(=C/c3cc(Cl)ccc3OC(C)C)c2=O)=N1. The fourth-order valence-electron chi connectivity index (χ4n) is 4.18. The van der Waals surface area contributed by atoms with Gasteiger partial charge < -0.3 is 10.1 Å². The molecule has 188 valence electrons. The van der Waals surface area contributed by atoms with Crippen LogP contribution in [0.25, 0.3) is 6.08 Å². The first-order valence-corrected chi connectivity index (χ1v) is 13.8. The van der Waals surface area contributed by atoms with E-state index >= 15 is 0 Å². The monoisotopic (exact) mass is 549 g/mol. The van der Waals surface area contributed by atoms with Crippen molar-refractivity contribution >= 4 is 51.9 Å². The molecule has 1 N–H and O–H groups in total. The predicted octanol–water partition coefficient (Wildman–Crippen LogP) is 5.38. The van der Waals surface area contributed by atoms with Crippen LogP contribution in [0.4, 0.5) is 5.69 Å². The van der Waals surface area contributed by atoms with Crippen molar-refractivity contribution in [1.29, 1.82) is 0 Å². The fourth-order valence-corrected chi connectivity index (χ4v) is 6.22. The van der Waals surface area contributed by atoms with E-state index in [-0.39, 0.29) is 17.6 Å². The minimum absolute atomic E-state index is 0.0401. The van der Waals surface area contributed by atoms with Crippen molar-refractivity contribution in [3.63, 3.8) is 0 Å². The van der Waals surface area contributed by atoms with Gasteiger partial charge in [0.2, 0.25) is 0 Å². The van der Waals surface area contributed by atoms with Crippen LogP contribution in [0.1, 0.15) is 37.3 Å². The number of carbonyl (C=O) groups excluding carboxylic acids is 1. The van der Waals surface area contributed by atoms with E-state index in [0.717, 1.165) is 4.88 Å². The standard InChI is InChI=1S/C28H24ClN3O3S2/c1-16(2)35-21-12-11-19(29)14-18(21)15-23-27(34)32-25(22-10-7-13-36-22)24(17(3)30-28(32)37-23)26(33)31-20-8-5-4-6-9-20/h4-16,25H,1-3H3,(H,31,33)/b23-15+/t25-/m1/s1. The molecule has 37 heavy (non-hydrogen) atoms. The zero-order valence-electron chi connectivity index (χ0n) is 20.4. The minimum Gasteiger partial charge on any atom is -0.490 e. The molecule has 0 unspecified atom stereocenters. The predicted molar refractivity (Wildman–Crippen MR) is 150 cm³/mol. The molecule has 1 amide bonds. The maximum absolute atomic E-state index is 13.8. The highest BCUT2D eigenvalue weighted by atomic mass is 35.5. The molecular formula is C28H24ClN3O3S2. The lowest BCUT2D eigenvalue weighted by atomic mass is 10.0. The van der Waals surface area contributed by atoms with E-state index in [0.29, 0.717) is 42.6 Å². The number of para-hydroxylation sites is 1. The van der Waals surface area contributed by atoms with Crippen LogP contribution in [-0.4, -0.2) is 16.6 Å². The number of nitrogens with one attached hydrogen (secondary N) is 1. The number of ether oxygens (including phenoxy) is 1. The van der Waals surface area contributed by atoms with Crippen LogP contribution < -0.4 is 24.9 Å². The van der Waals surface area contributed by atoms with Crippen molar-refractivity contribution in [2.45, 2.75) is 32.9 Å². The van der Waals surface area contributed by atoms with E-state index in [1.807, 2.05) is 68.6 Å². The molecule has 1 aliphatic heterocycles. The summed E-state index contributed by atoms with van der Waals surface area (Å²) >= 11 is 9.05. The number of carbonyl (C=O) groups is 1. The number of thiophene rings is 1. The number of fused-ring (bicyclic) bond motifs is 1. The highest BCUT2D eigenvalue weighted by Crippen LogP contribution is 2.33. The number of halogens is 1. The summed E-state index contributed by atoms with van der Waals surface area (Å²) in [7, 11) is 0. The van der Waals surface area contributed by atoms with Crippen molar-refractivity contribution in [2.24, 2.45) is 4.99 Å². The van der Waals surface area contributed by atoms with Gasteiger partial charge in [0.15, 0.2) is 4.80 Å². The highest BCUT2D eigenvalue weighted by Gasteiger charge is 2.33. The number of anilines is 1. The topological polar surface area (TPSA) is 72.7 Å². The molecule has 5 rings (SSSR count). The zero-order chi connectivity index (χ0) is 26.1. The molecule has 6 nitrogen and oxygen atoms in total. The average molecular weight is 550 g/mol. The summed E-state index contributed by atoms with van der Waals surface area (Å²) in [4.78, 5) is 33.5. The van der Waals surface area contributed by atoms with Gasteiger partial charge in [-0.25, -0.2) is 4.99 Å². The Morgan fingerprint density at radius 3 is 2.65 bits per heavy atom. The Bertz CT molecular complexity index is 1670. The Labute approximate surface area is 226 Å². The Balaban J connectivity index is 1.65. The van der Waals surface area contributed by atoms with Crippen LogP contribution in [0.3, 0.4) is 0 Å².